The first kappa shape index (κ1) is 23.5. The molecule has 0 aliphatic carbocycles. The molecule has 0 saturated carbocycles. The van der Waals surface area contributed by atoms with Crippen LogP contribution in [0.4, 0.5) is 0 Å². The highest BCUT2D eigenvalue weighted by Crippen LogP contribution is 2.28. The number of aryl methyl sites for hydroxylation is 2. The molecule has 1 nitrogen and oxygen atoms in total. The standard InChI is InChI=1S/C23H29N.C2H6/c1-10-21(22-15-17(3)14-18(4)16-22)13-12-19(5)24(9)20(6)23(7,8)11-2;1-2/h2,10,12-16H,5-6H2,1,3-4,7-9H3;1-2H3/b13-12-,21-10+;. The van der Waals surface area contributed by atoms with E-state index in [1.165, 1.54) is 16.7 Å². The Morgan fingerprint density at radius 3 is 2.00 bits per heavy atom. The van der Waals surface area contributed by atoms with Gasteiger partial charge in [0.1, 0.15) is 0 Å². The molecule has 1 aromatic carbocycles. The Kier molecular flexibility index (Phi) is 9.52. The molecule has 26 heavy (non-hydrogen) atoms. The van der Waals surface area contributed by atoms with E-state index in [0.29, 0.717) is 0 Å². The fourth-order valence-electron chi connectivity index (χ4n) is 2.47. The predicted molar refractivity (Wildman–Crippen MR) is 119 cm³/mol. The smallest absolute Gasteiger partial charge is 0.0649 e. The summed E-state index contributed by atoms with van der Waals surface area (Å²) in [5.41, 5.74) is 6.21. The maximum absolute atomic E-state index is 5.60. The van der Waals surface area contributed by atoms with Crippen LogP contribution in [0.3, 0.4) is 0 Å². The van der Waals surface area contributed by atoms with Crippen LogP contribution in [0, 0.1) is 31.6 Å². The number of benzene rings is 1. The lowest BCUT2D eigenvalue weighted by molar-refractivity contribution is 0.415. The van der Waals surface area contributed by atoms with Gasteiger partial charge in [0.25, 0.3) is 0 Å². The minimum absolute atomic E-state index is 0.400. The predicted octanol–water partition coefficient (Wildman–Crippen LogP) is 6.91. The van der Waals surface area contributed by atoms with Crippen LogP contribution in [0.2, 0.25) is 0 Å². The van der Waals surface area contributed by atoms with E-state index < -0.39 is 5.41 Å². The van der Waals surface area contributed by atoms with Gasteiger partial charge in [-0.1, -0.05) is 74.4 Å². The number of rotatable bonds is 6. The third-order valence-electron chi connectivity index (χ3n) is 4.24. The summed E-state index contributed by atoms with van der Waals surface area (Å²) in [7, 11) is 1.94. The number of allylic oxidation sites excluding steroid dienone is 5. The summed E-state index contributed by atoms with van der Waals surface area (Å²) in [5, 5.41) is 0. The first-order chi connectivity index (χ1) is 12.1. The van der Waals surface area contributed by atoms with E-state index in [1.54, 1.807) is 0 Å². The van der Waals surface area contributed by atoms with E-state index in [9.17, 15) is 0 Å². The van der Waals surface area contributed by atoms with Gasteiger partial charge in [-0.3, -0.25) is 0 Å². The fourth-order valence-corrected chi connectivity index (χ4v) is 2.47. The Morgan fingerprint density at radius 1 is 1.08 bits per heavy atom. The van der Waals surface area contributed by atoms with Crippen LogP contribution in [-0.4, -0.2) is 11.9 Å². The second-order valence-electron chi connectivity index (χ2n) is 6.72. The normalized spacial score (nSPS) is 11.4. The molecular formula is C25H35N. The summed E-state index contributed by atoms with van der Waals surface area (Å²) in [6, 6.07) is 6.57. The molecule has 0 atom stereocenters. The summed E-state index contributed by atoms with van der Waals surface area (Å²) in [6.45, 7) is 22.5. The van der Waals surface area contributed by atoms with E-state index in [0.717, 1.165) is 17.0 Å². The molecule has 140 valence electrons. The molecule has 0 heterocycles. The van der Waals surface area contributed by atoms with Gasteiger partial charge in [-0.05, 0) is 51.8 Å². The highest BCUT2D eigenvalue weighted by atomic mass is 15.1. The average Bonchev–Trinajstić information content (AvgIpc) is 2.61. The largest absolute Gasteiger partial charge is 0.348 e. The first-order valence-electron chi connectivity index (χ1n) is 9.15. The molecule has 0 aromatic heterocycles. The molecule has 1 heteroatoms. The highest BCUT2D eigenvalue weighted by molar-refractivity contribution is 5.75. The molecule has 0 aliphatic rings. The zero-order valence-electron chi connectivity index (χ0n) is 17.9. The van der Waals surface area contributed by atoms with Gasteiger partial charge in [-0.2, -0.15) is 0 Å². The van der Waals surface area contributed by atoms with Crippen LogP contribution in [0.5, 0.6) is 0 Å². The molecular weight excluding hydrogens is 314 g/mol. The Labute approximate surface area is 161 Å². The lowest BCUT2D eigenvalue weighted by Crippen LogP contribution is -2.25. The van der Waals surface area contributed by atoms with E-state index >= 15 is 0 Å². The molecule has 1 rings (SSSR count). The first-order valence-corrected chi connectivity index (χ1v) is 9.15. The average molecular weight is 350 g/mol. The van der Waals surface area contributed by atoms with E-state index in [2.05, 4.69) is 63.3 Å². The minimum Gasteiger partial charge on any atom is -0.348 e. The Balaban J connectivity index is 0.00000301. The number of terminal acetylenes is 1. The maximum Gasteiger partial charge on any atom is 0.0649 e. The van der Waals surface area contributed by atoms with Crippen molar-refractivity contribution in [3.05, 3.63) is 77.7 Å². The van der Waals surface area contributed by atoms with Crippen LogP contribution < -0.4 is 0 Å². The summed E-state index contributed by atoms with van der Waals surface area (Å²) in [5.74, 6) is 2.77. The van der Waals surface area contributed by atoms with Crippen molar-refractivity contribution < 1.29 is 0 Å². The van der Waals surface area contributed by atoms with Crippen LogP contribution >= 0.6 is 0 Å². The van der Waals surface area contributed by atoms with Crippen LogP contribution in [0.25, 0.3) is 5.57 Å². The quantitative estimate of drug-likeness (QED) is 0.398. The maximum atomic E-state index is 5.60. The lowest BCUT2D eigenvalue weighted by atomic mass is 9.90. The lowest BCUT2D eigenvalue weighted by Gasteiger charge is -2.30. The third kappa shape index (κ3) is 6.45. The number of nitrogens with zero attached hydrogens (tertiary/aromatic N) is 1. The second kappa shape index (κ2) is 10.5. The van der Waals surface area contributed by atoms with Gasteiger partial charge >= 0.3 is 0 Å². The van der Waals surface area contributed by atoms with E-state index in [-0.39, 0.29) is 0 Å². The number of hydrogen-bond donors (Lipinski definition) is 0. The Hall–Kier alpha value is -2.46. The van der Waals surface area contributed by atoms with Crippen molar-refractivity contribution in [2.45, 2.75) is 48.5 Å². The summed E-state index contributed by atoms with van der Waals surface area (Å²) in [6.07, 6.45) is 11.8. The van der Waals surface area contributed by atoms with Crippen molar-refractivity contribution >= 4 is 5.57 Å². The van der Waals surface area contributed by atoms with Crippen LogP contribution in [0.15, 0.2) is 61.0 Å². The monoisotopic (exact) mass is 349 g/mol. The van der Waals surface area contributed by atoms with Crippen molar-refractivity contribution in [3.8, 4) is 12.3 Å². The van der Waals surface area contributed by atoms with Crippen molar-refractivity contribution in [3.63, 3.8) is 0 Å². The molecule has 0 radical (unpaired) electrons. The van der Waals surface area contributed by atoms with Gasteiger partial charge < -0.3 is 4.90 Å². The minimum atomic E-state index is -0.400. The molecule has 1 aromatic rings. The summed E-state index contributed by atoms with van der Waals surface area (Å²) >= 11 is 0. The third-order valence-corrected chi connectivity index (χ3v) is 4.24. The summed E-state index contributed by atoms with van der Waals surface area (Å²) < 4.78 is 0. The van der Waals surface area contributed by atoms with Crippen LogP contribution in [-0.2, 0) is 0 Å². The Morgan fingerprint density at radius 2 is 1.58 bits per heavy atom. The zero-order chi connectivity index (χ0) is 20.5. The van der Waals surface area contributed by atoms with Crippen molar-refractivity contribution in [1.29, 1.82) is 0 Å². The van der Waals surface area contributed by atoms with Gasteiger partial charge in [0, 0.05) is 18.4 Å². The van der Waals surface area contributed by atoms with Gasteiger partial charge in [0.2, 0.25) is 0 Å². The highest BCUT2D eigenvalue weighted by Gasteiger charge is 2.22. The SMILES string of the molecule is C#CC(C)(C)C(=C)N(C)C(=C)/C=C\C(=C/C)c1cc(C)cc(C)c1.CC. The van der Waals surface area contributed by atoms with Gasteiger partial charge in [0.05, 0.1) is 5.41 Å². The van der Waals surface area contributed by atoms with E-state index in [1.807, 2.05) is 52.6 Å². The molecule has 0 amide bonds. The van der Waals surface area contributed by atoms with Gasteiger partial charge in [-0.25, -0.2) is 0 Å². The van der Waals surface area contributed by atoms with E-state index in [4.69, 9.17) is 6.42 Å². The summed E-state index contributed by atoms with van der Waals surface area (Å²) in [4.78, 5) is 1.95. The van der Waals surface area contributed by atoms with Gasteiger partial charge in [0.15, 0.2) is 0 Å². The molecule has 0 aliphatic heterocycles. The van der Waals surface area contributed by atoms with Crippen LogP contribution in [0.1, 0.15) is 51.3 Å². The van der Waals surface area contributed by atoms with Crippen molar-refractivity contribution in [2.75, 3.05) is 7.05 Å². The molecule has 0 saturated heterocycles. The number of hydrogen-bond acceptors (Lipinski definition) is 1. The van der Waals surface area contributed by atoms with Gasteiger partial charge in [-0.15, -0.1) is 6.42 Å². The zero-order valence-corrected chi connectivity index (χ0v) is 17.9. The number of likely N-dealkylation sites (N-methyl/N-ethyl adjacent to an activating group) is 1. The Bertz CT molecular complexity index is 716. The molecule has 0 bridgehead atoms. The fraction of sp³-hybridized carbons (Fsp3) is 0.360. The van der Waals surface area contributed by atoms with Crippen molar-refractivity contribution in [1.82, 2.24) is 4.90 Å². The topological polar surface area (TPSA) is 3.24 Å². The molecule has 0 N–H and O–H groups in total. The molecule has 0 spiro atoms. The molecule has 0 fully saturated rings. The second-order valence-corrected chi connectivity index (χ2v) is 6.72. The van der Waals surface area contributed by atoms with Crippen molar-refractivity contribution in [2.24, 2.45) is 5.41 Å². The molecule has 0 unspecified atom stereocenters.